The maximum absolute atomic E-state index is 6.28. The fourth-order valence-corrected chi connectivity index (χ4v) is 3.80. The first-order valence-corrected chi connectivity index (χ1v) is 9.17. The minimum atomic E-state index is 0.632. The fourth-order valence-electron chi connectivity index (χ4n) is 3.04. The minimum absolute atomic E-state index is 0.632. The lowest BCUT2D eigenvalue weighted by atomic mass is 10.1. The van der Waals surface area contributed by atoms with Gasteiger partial charge in [0.25, 0.3) is 0 Å². The monoisotopic (exact) mass is 381 g/mol. The zero-order chi connectivity index (χ0) is 15.4. The van der Waals surface area contributed by atoms with E-state index < -0.39 is 0 Å². The van der Waals surface area contributed by atoms with Crippen molar-refractivity contribution in [1.29, 1.82) is 0 Å². The Hall–Kier alpha value is -0.770. The van der Waals surface area contributed by atoms with Crippen LogP contribution in [0.3, 0.4) is 0 Å². The van der Waals surface area contributed by atoms with Crippen LogP contribution in [0.25, 0.3) is 11.3 Å². The lowest BCUT2D eigenvalue weighted by Gasteiger charge is -2.14. The van der Waals surface area contributed by atoms with Crippen molar-refractivity contribution in [3.63, 3.8) is 0 Å². The van der Waals surface area contributed by atoms with Gasteiger partial charge in [-0.25, -0.2) is 0 Å². The smallest absolute Gasteiger partial charge is 0.135 e. The molecule has 1 saturated carbocycles. The second kappa shape index (κ2) is 7.67. The summed E-state index contributed by atoms with van der Waals surface area (Å²) in [5.41, 5.74) is 0.936. The third-order valence-electron chi connectivity index (χ3n) is 4.28. The highest BCUT2D eigenvalue weighted by molar-refractivity contribution is 9.10. The largest absolute Gasteiger partial charge is 0.460 e. The number of benzene rings is 1. The Morgan fingerprint density at radius 3 is 2.59 bits per heavy atom. The first-order valence-electron chi connectivity index (χ1n) is 8.00. The van der Waals surface area contributed by atoms with Crippen molar-refractivity contribution in [3.8, 4) is 11.3 Å². The molecule has 1 aliphatic carbocycles. The number of rotatable bonds is 4. The van der Waals surface area contributed by atoms with E-state index in [1.165, 1.54) is 38.5 Å². The van der Waals surface area contributed by atoms with Crippen LogP contribution in [0.1, 0.15) is 44.3 Å². The molecule has 0 atom stereocenters. The van der Waals surface area contributed by atoms with E-state index in [0.29, 0.717) is 11.1 Å². The third-order valence-corrected chi connectivity index (χ3v) is 5.08. The molecule has 2 nitrogen and oxygen atoms in total. The van der Waals surface area contributed by atoms with Gasteiger partial charge in [-0.1, -0.05) is 53.2 Å². The number of hydrogen-bond acceptors (Lipinski definition) is 2. The molecule has 118 valence electrons. The standard InChI is InChI=1S/C18H21BrClNO/c19-13-7-9-16(17(20)11-13)18-10-8-15(22-18)12-21-14-5-3-1-2-4-6-14/h7-11,14,21H,1-6,12H2. The molecule has 4 heteroatoms. The van der Waals surface area contributed by atoms with Crippen LogP contribution in [0.4, 0.5) is 0 Å². The minimum Gasteiger partial charge on any atom is -0.460 e. The van der Waals surface area contributed by atoms with Crippen molar-refractivity contribution in [2.45, 2.75) is 51.1 Å². The van der Waals surface area contributed by atoms with Crippen molar-refractivity contribution in [2.75, 3.05) is 0 Å². The van der Waals surface area contributed by atoms with Crippen molar-refractivity contribution < 1.29 is 4.42 Å². The average molecular weight is 383 g/mol. The Balaban J connectivity index is 1.63. The molecule has 0 bridgehead atoms. The van der Waals surface area contributed by atoms with Gasteiger partial charge in [0.15, 0.2) is 0 Å². The summed E-state index contributed by atoms with van der Waals surface area (Å²) in [5.74, 6) is 1.80. The summed E-state index contributed by atoms with van der Waals surface area (Å²) in [6, 6.07) is 10.5. The summed E-state index contributed by atoms with van der Waals surface area (Å²) >= 11 is 9.71. The van der Waals surface area contributed by atoms with Gasteiger partial charge in [0, 0.05) is 16.1 Å². The second-order valence-corrected chi connectivity index (χ2v) is 7.28. The van der Waals surface area contributed by atoms with Crippen molar-refractivity contribution in [2.24, 2.45) is 0 Å². The summed E-state index contributed by atoms with van der Waals surface area (Å²) in [6.07, 6.45) is 8.01. The molecule has 0 radical (unpaired) electrons. The summed E-state index contributed by atoms with van der Waals surface area (Å²) in [5, 5.41) is 4.33. The van der Waals surface area contributed by atoms with Gasteiger partial charge < -0.3 is 9.73 Å². The first-order chi connectivity index (χ1) is 10.7. The van der Waals surface area contributed by atoms with Gasteiger partial charge in [0.05, 0.1) is 11.6 Å². The second-order valence-electron chi connectivity index (χ2n) is 5.96. The lowest BCUT2D eigenvalue weighted by molar-refractivity contribution is 0.420. The Bertz CT molecular complexity index is 617. The highest BCUT2D eigenvalue weighted by atomic mass is 79.9. The Morgan fingerprint density at radius 2 is 1.86 bits per heavy atom. The molecule has 0 saturated heterocycles. The van der Waals surface area contributed by atoms with Crippen LogP contribution in [-0.4, -0.2) is 6.04 Å². The van der Waals surface area contributed by atoms with E-state index in [2.05, 4.69) is 21.2 Å². The predicted molar refractivity (Wildman–Crippen MR) is 95.2 cm³/mol. The van der Waals surface area contributed by atoms with E-state index in [1.807, 2.05) is 30.3 Å². The molecule has 0 unspecified atom stereocenters. The van der Waals surface area contributed by atoms with Crippen LogP contribution in [0, 0.1) is 0 Å². The summed E-state index contributed by atoms with van der Waals surface area (Å²) in [6.45, 7) is 0.790. The van der Waals surface area contributed by atoms with Gasteiger partial charge in [-0.3, -0.25) is 0 Å². The van der Waals surface area contributed by atoms with Crippen LogP contribution in [0.15, 0.2) is 39.2 Å². The van der Waals surface area contributed by atoms with E-state index in [-0.39, 0.29) is 0 Å². The number of hydrogen-bond donors (Lipinski definition) is 1. The van der Waals surface area contributed by atoms with Gasteiger partial charge in [-0.05, 0) is 43.2 Å². The van der Waals surface area contributed by atoms with Crippen LogP contribution in [0.2, 0.25) is 5.02 Å². The third kappa shape index (κ3) is 4.15. The first kappa shape index (κ1) is 16.1. The van der Waals surface area contributed by atoms with E-state index >= 15 is 0 Å². The van der Waals surface area contributed by atoms with E-state index in [1.54, 1.807) is 0 Å². The van der Waals surface area contributed by atoms with Crippen molar-refractivity contribution in [3.05, 3.63) is 45.6 Å². The van der Waals surface area contributed by atoms with Gasteiger partial charge in [0.2, 0.25) is 0 Å². The molecule has 0 spiro atoms. The molecule has 1 aromatic carbocycles. The van der Waals surface area contributed by atoms with Crippen molar-refractivity contribution >= 4 is 27.5 Å². The molecule has 1 aliphatic rings. The Kier molecular flexibility index (Phi) is 5.61. The van der Waals surface area contributed by atoms with Crippen LogP contribution < -0.4 is 5.32 Å². The molecule has 1 N–H and O–H groups in total. The Morgan fingerprint density at radius 1 is 1.09 bits per heavy atom. The number of nitrogens with one attached hydrogen (secondary N) is 1. The predicted octanol–water partition coefficient (Wildman–Crippen LogP) is 6.17. The van der Waals surface area contributed by atoms with Crippen LogP contribution >= 0.6 is 27.5 Å². The SMILES string of the molecule is Clc1cc(Br)ccc1-c1ccc(CNC2CCCCCC2)o1. The number of furan rings is 1. The summed E-state index contributed by atoms with van der Waals surface area (Å²) in [7, 11) is 0. The molecular formula is C18H21BrClNO. The molecule has 1 aromatic heterocycles. The number of halogens is 2. The highest BCUT2D eigenvalue weighted by Gasteiger charge is 2.13. The zero-order valence-corrected chi connectivity index (χ0v) is 14.9. The Labute approximate surface area is 145 Å². The van der Waals surface area contributed by atoms with Crippen LogP contribution in [-0.2, 0) is 6.54 Å². The molecule has 1 fully saturated rings. The molecule has 2 aromatic rings. The average Bonchev–Trinajstić information content (AvgIpc) is 2.80. The maximum atomic E-state index is 6.28. The van der Waals surface area contributed by atoms with Gasteiger partial charge in [0.1, 0.15) is 11.5 Å². The van der Waals surface area contributed by atoms with Gasteiger partial charge in [-0.15, -0.1) is 0 Å². The molecule has 0 amide bonds. The fraction of sp³-hybridized carbons (Fsp3) is 0.444. The maximum Gasteiger partial charge on any atom is 0.135 e. The topological polar surface area (TPSA) is 25.2 Å². The molecule has 0 aliphatic heterocycles. The molecule has 3 rings (SSSR count). The molecular weight excluding hydrogens is 362 g/mol. The van der Waals surface area contributed by atoms with Crippen LogP contribution in [0.5, 0.6) is 0 Å². The quantitative estimate of drug-likeness (QED) is 0.639. The molecule has 22 heavy (non-hydrogen) atoms. The zero-order valence-electron chi connectivity index (χ0n) is 12.6. The van der Waals surface area contributed by atoms with Gasteiger partial charge >= 0.3 is 0 Å². The summed E-state index contributed by atoms with van der Waals surface area (Å²) in [4.78, 5) is 0. The van der Waals surface area contributed by atoms with Gasteiger partial charge in [-0.2, -0.15) is 0 Å². The van der Waals surface area contributed by atoms with E-state index in [0.717, 1.165) is 28.1 Å². The molecule has 1 heterocycles. The van der Waals surface area contributed by atoms with Crippen molar-refractivity contribution in [1.82, 2.24) is 5.32 Å². The summed E-state index contributed by atoms with van der Waals surface area (Å²) < 4.78 is 6.93. The van der Waals surface area contributed by atoms with E-state index in [9.17, 15) is 0 Å². The van der Waals surface area contributed by atoms with E-state index in [4.69, 9.17) is 16.0 Å². The lowest BCUT2D eigenvalue weighted by Crippen LogP contribution is -2.27. The highest BCUT2D eigenvalue weighted by Crippen LogP contribution is 2.31. The normalized spacial score (nSPS) is 16.6.